The van der Waals surface area contributed by atoms with Crippen molar-refractivity contribution < 1.29 is 4.74 Å². The van der Waals surface area contributed by atoms with Crippen molar-refractivity contribution in [3.8, 4) is 0 Å². The van der Waals surface area contributed by atoms with Gasteiger partial charge >= 0.3 is 0 Å². The first-order chi connectivity index (χ1) is 8.78. The van der Waals surface area contributed by atoms with Crippen molar-refractivity contribution in [1.82, 2.24) is 14.9 Å². The highest BCUT2D eigenvalue weighted by Crippen LogP contribution is 2.09. The van der Waals surface area contributed by atoms with E-state index in [9.17, 15) is 0 Å². The van der Waals surface area contributed by atoms with Crippen LogP contribution < -0.4 is 16.6 Å². The summed E-state index contributed by atoms with van der Waals surface area (Å²) in [6.07, 6.45) is 1.49. The molecule has 1 aromatic heterocycles. The van der Waals surface area contributed by atoms with Crippen LogP contribution in [0.1, 0.15) is 6.92 Å². The molecule has 1 aliphatic heterocycles. The van der Waals surface area contributed by atoms with E-state index >= 15 is 0 Å². The molecule has 0 amide bonds. The van der Waals surface area contributed by atoms with E-state index in [0.29, 0.717) is 11.9 Å². The van der Waals surface area contributed by atoms with Gasteiger partial charge in [0.05, 0.1) is 13.2 Å². The molecule has 2 rings (SSSR count). The zero-order valence-electron chi connectivity index (χ0n) is 10.6. The number of rotatable bonds is 5. The highest BCUT2D eigenvalue weighted by Gasteiger charge is 2.13. The van der Waals surface area contributed by atoms with Gasteiger partial charge in [-0.3, -0.25) is 4.90 Å². The minimum Gasteiger partial charge on any atom is -0.379 e. The van der Waals surface area contributed by atoms with Gasteiger partial charge in [0.15, 0.2) is 0 Å². The Labute approximate surface area is 107 Å². The molecule has 100 valence electrons. The lowest BCUT2D eigenvalue weighted by atomic mass is 10.3. The Morgan fingerprint density at radius 2 is 2.11 bits per heavy atom. The molecular weight excluding hydrogens is 232 g/mol. The highest BCUT2D eigenvalue weighted by atomic mass is 16.5. The molecule has 1 unspecified atom stereocenters. The fraction of sp³-hybridized carbons (Fsp3) is 0.636. The second-order valence-electron chi connectivity index (χ2n) is 4.39. The number of aromatic nitrogens is 2. The first kappa shape index (κ1) is 13.0. The van der Waals surface area contributed by atoms with Gasteiger partial charge < -0.3 is 15.5 Å². The van der Waals surface area contributed by atoms with E-state index in [1.165, 1.54) is 6.33 Å². The second-order valence-corrected chi connectivity index (χ2v) is 4.39. The van der Waals surface area contributed by atoms with Crippen molar-refractivity contribution in [3.63, 3.8) is 0 Å². The largest absolute Gasteiger partial charge is 0.379 e. The lowest BCUT2D eigenvalue weighted by Gasteiger charge is -2.29. The third kappa shape index (κ3) is 3.80. The number of anilines is 2. The van der Waals surface area contributed by atoms with Gasteiger partial charge in [0.25, 0.3) is 0 Å². The smallest absolute Gasteiger partial charge is 0.145 e. The van der Waals surface area contributed by atoms with Gasteiger partial charge in [-0.2, -0.15) is 0 Å². The van der Waals surface area contributed by atoms with E-state index in [4.69, 9.17) is 10.6 Å². The highest BCUT2D eigenvalue weighted by molar-refractivity contribution is 5.46. The van der Waals surface area contributed by atoms with Crippen LogP contribution in [0.15, 0.2) is 12.4 Å². The third-order valence-electron chi connectivity index (χ3n) is 2.85. The minimum absolute atomic E-state index is 0.309. The Morgan fingerprint density at radius 3 is 2.83 bits per heavy atom. The molecule has 2 heterocycles. The molecule has 1 aromatic rings. The maximum absolute atomic E-state index is 5.32. The molecule has 0 saturated carbocycles. The molecule has 0 spiro atoms. The van der Waals surface area contributed by atoms with Crippen molar-refractivity contribution in [1.29, 1.82) is 0 Å². The predicted molar refractivity (Wildman–Crippen MR) is 70.2 cm³/mol. The van der Waals surface area contributed by atoms with E-state index < -0.39 is 0 Å². The Kier molecular flexibility index (Phi) is 4.68. The molecule has 4 N–H and O–H groups in total. The molecule has 7 nitrogen and oxygen atoms in total. The minimum atomic E-state index is 0.309. The molecule has 0 bridgehead atoms. The van der Waals surface area contributed by atoms with Crippen LogP contribution in [0.2, 0.25) is 0 Å². The Morgan fingerprint density at radius 1 is 1.39 bits per heavy atom. The van der Waals surface area contributed by atoms with Gasteiger partial charge in [-0.25, -0.2) is 15.8 Å². The van der Waals surface area contributed by atoms with Gasteiger partial charge in [0, 0.05) is 31.7 Å². The van der Waals surface area contributed by atoms with E-state index in [1.54, 1.807) is 6.07 Å². The summed E-state index contributed by atoms with van der Waals surface area (Å²) >= 11 is 0. The van der Waals surface area contributed by atoms with Crippen LogP contribution in [-0.4, -0.2) is 53.8 Å². The lowest BCUT2D eigenvalue weighted by molar-refractivity contribution is 0.0368. The van der Waals surface area contributed by atoms with Gasteiger partial charge in [-0.15, -0.1) is 0 Å². The molecule has 0 aromatic carbocycles. The van der Waals surface area contributed by atoms with Crippen LogP contribution in [0.25, 0.3) is 0 Å². The normalized spacial score (nSPS) is 18.3. The average Bonchev–Trinajstić information content (AvgIpc) is 2.40. The van der Waals surface area contributed by atoms with Crippen molar-refractivity contribution in [2.24, 2.45) is 5.84 Å². The molecule has 7 heteroatoms. The summed E-state index contributed by atoms with van der Waals surface area (Å²) in [5.41, 5.74) is 2.50. The lowest BCUT2D eigenvalue weighted by Crippen LogP contribution is -2.42. The van der Waals surface area contributed by atoms with Crippen LogP contribution in [-0.2, 0) is 4.74 Å². The summed E-state index contributed by atoms with van der Waals surface area (Å²) in [6, 6.07) is 2.10. The standard InChI is InChI=1S/C11H20N6O/c1-9(7-17-2-4-18-5-3-17)15-10-6-11(16-12)14-8-13-10/h6,8-9H,2-5,7,12H2,1H3,(H2,13,14,15,16). The van der Waals surface area contributed by atoms with E-state index in [1.807, 2.05) is 0 Å². The van der Waals surface area contributed by atoms with Crippen molar-refractivity contribution in [3.05, 3.63) is 12.4 Å². The van der Waals surface area contributed by atoms with Crippen LogP contribution in [0.4, 0.5) is 11.6 Å². The Bertz CT molecular complexity index is 368. The Hall–Kier alpha value is -1.44. The van der Waals surface area contributed by atoms with Crippen molar-refractivity contribution >= 4 is 11.6 Å². The van der Waals surface area contributed by atoms with Gasteiger partial charge in [0.1, 0.15) is 18.0 Å². The number of morpholine rings is 1. The first-order valence-electron chi connectivity index (χ1n) is 6.13. The van der Waals surface area contributed by atoms with Crippen LogP contribution in [0.5, 0.6) is 0 Å². The van der Waals surface area contributed by atoms with Gasteiger partial charge in [-0.1, -0.05) is 0 Å². The zero-order valence-corrected chi connectivity index (χ0v) is 10.6. The van der Waals surface area contributed by atoms with E-state index in [-0.39, 0.29) is 0 Å². The Balaban J connectivity index is 1.83. The summed E-state index contributed by atoms with van der Waals surface area (Å²) in [7, 11) is 0. The number of ether oxygens (including phenoxy) is 1. The summed E-state index contributed by atoms with van der Waals surface area (Å²) in [5, 5.41) is 3.33. The number of nitrogens with two attached hydrogens (primary N) is 1. The number of nitrogen functional groups attached to an aromatic ring is 1. The number of hydrazine groups is 1. The SMILES string of the molecule is CC(CN1CCOCC1)Nc1cc(NN)ncn1. The fourth-order valence-electron chi connectivity index (χ4n) is 1.98. The summed E-state index contributed by atoms with van der Waals surface area (Å²) < 4.78 is 5.32. The summed E-state index contributed by atoms with van der Waals surface area (Å²) in [4.78, 5) is 10.5. The maximum Gasteiger partial charge on any atom is 0.145 e. The van der Waals surface area contributed by atoms with Gasteiger partial charge in [-0.05, 0) is 6.92 Å². The first-order valence-corrected chi connectivity index (χ1v) is 6.13. The van der Waals surface area contributed by atoms with Crippen molar-refractivity contribution in [2.75, 3.05) is 43.6 Å². The predicted octanol–water partition coefficient (Wildman–Crippen LogP) is -0.105. The average molecular weight is 252 g/mol. The van der Waals surface area contributed by atoms with Crippen molar-refractivity contribution in [2.45, 2.75) is 13.0 Å². The fourth-order valence-corrected chi connectivity index (χ4v) is 1.98. The molecule has 1 atom stereocenters. The van der Waals surface area contributed by atoms with E-state index in [0.717, 1.165) is 38.7 Å². The third-order valence-corrected chi connectivity index (χ3v) is 2.85. The molecule has 18 heavy (non-hydrogen) atoms. The number of hydrogen-bond acceptors (Lipinski definition) is 7. The monoisotopic (exact) mass is 252 g/mol. The van der Waals surface area contributed by atoms with Crippen LogP contribution in [0.3, 0.4) is 0 Å². The van der Waals surface area contributed by atoms with E-state index in [2.05, 4.69) is 32.5 Å². The maximum atomic E-state index is 5.32. The second kappa shape index (κ2) is 6.48. The molecule has 0 aliphatic carbocycles. The summed E-state index contributed by atoms with van der Waals surface area (Å²) in [5.74, 6) is 6.69. The quantitative estimate of drug-likeness (QED) is 0.498. The zero-order chi connectivity index (χ0) is 12.8. The molecular formula is C11H20N6O. The number of nitrogens with zero attached hydrogens (tertiary/aromatic N) is 3. The number of hydrogen-bond donors (Lipinski definition) is 3. The molecule has 1 fully saturated rings. The van der Waals surface area contributed by atoms with Gasteiger partial charge in [0.2, 0.25) is 0 Å². The summed E-state index contributed by atoms with van der Waals surface area (Å²) in [6.45, 7) is 6.73. The molecule has 1 saturated heterocycles. The topological polar surface area (TPSA) is 88.3 Å². The molecule has 0 radical (unpaired) electrons. The van der Waals surface area contributed by atoms with Crippen LogP contribution >= 0.6 is 0 Å². The van der Waals surface area contributed by atoms with Crippen LogP contribution in [0, 0.1) is 0 Å². The number of nitrogens with one attached hydrogen (secondary N) is 2. The molecule has 1 aliphatic rings.